The Balaban J connectivity index is 1.66. The van der Waals surface area contributed by atoms with E-state index in [1.807, 2.05) is 0 Å². The van der Waals surface area contributed by atoms with E-state index in [1.54, 1.807) is 18.2 Å². The van der Waals surface area contributed by atoms with Gasteiger partial charge in [-0.2, -0.15) is 0 Å². The molecule has 0 fully saturated rings. The van der Waals surface area contributed by atoms with Crippen LogP contribution >= 0.6 is 34.8 Å². The summed E-state index contributed by atoms with van der Waals surface area (Å²) in [6.07, 6.45) is 0. The molecular formula is C21H12Cl3FN2O3. The maximum absolute atomic E-state index is 13.3. The third-order valence-corrected chi connectivity index (χ3v) is 5.08. The van der Waals surface area contributed by atoms with Crippen molar-refractivity contribution in [3.05, 3.63) is 75.0 Å². The van der Waals surface area contributed by atoms with E-state index in [0.717, 1.165) is 0 Å². The number of rotatable bonds is 4. The lowest BCUT2D eigenvalue weighted by Crippen LogP contribution is -2.13. The van der Waals surface area contributed by atoms with Gasteiger partial charge in [-0.25, -0.2) is 9.37 Å². The van der Waals surface area contributed by atoms with Crippen molar-refractivity contribution in [3.63, 3.8) is 0 Å². The lowest BCUT2D eigenvalue weighted by molar-refractivity contribution is 0.102. The molecule has 0 aliphatic rings. The fourth-order valence-corrected chi connectivity index (χ4v) is 3.74. The van der Waals surface area contributed by atoms with Crippen molar-refractivity contribution in [2.24, 2.45) is 0 Å². The monoisotopic (exact) mass is 464 g/mol. The Labute approximate surface area is 185 Å². The summed E-state index contributed by atoms with van der Waals surface area (Å²) >= 11 is 18.2. The van der Waals surface area contributed by atoms with Crippen molar-refractivity contribution < 1.29 is 18.3 Å². The highest BCUT2D eigenvalue weighted by Gasteiger charge is 2.18. The summed E-state index contributed by atoms with van der Waals surface area (Å²) in [5.41, 5.74) is 2.08. The molecule has 0 unspecified atom stereocenters. The van der Waals surface area contributed by atoms with Gasteiger partial charge in [0.2, 0.25) is 5.89 Å². The molecule has 30 heavy (non-hydrogen) atoms. The first kappa shape index (κ1) is 20.5. The van der Waals surface area contributed by atoms with Gasteiger partial charge in [-0.3, -0.25) is 4.79 Å². The third-order valence-electron chi connectivity index (χ3n) is 4.26. The summed E-state index contributed by atoms with van der Waals surface area (Å²) in [4.78, 5) is 17.1. The van der Waals surface area contributed by atoms with Crippen LogP contribution in [0.5, 0.6) is 5.75 Å². The van der Waals surface area contributed by atoms with Gasteiger partial charge in [0.25, 0.3) is 5.91 Å². The molecule has 0 radical (unpaired) electrons. The van der Waals surface area contributed by atoms with Crippen LogP contribution in [0.15, 0.2) is 52.9 Å². The van der Waals surface area contributed by atoms with E-state index in [2.05, 4.69) is 10.3 Å². The molecule has 5 nitrogen and oxygen atoms in total. The number of carbonyl (C=O) groups excluding carboxylic acids is 1. The van der Waals surface area contributed by atoms with Crippen LogP contribution in [-0.4, -0.2) is 18.0 Å². The lowest BCUT2D eigenvalue weighted by Gasteiger charge is -2.11. The van der Waals surface area contributed by atoms with E-state index in [4.69, 9.17) is 44.0 Å². The van der Waals surface area contributed by atoms with Gasteiger partial charge in [-0.15, -0.1) is 0 Å². The topological polar surface area (TPSA) is 64.4 Å². The molecule has 0 aliphatic carbocycles. The maximum atomic E-state index is 13.3. The van der Waals surface area contributed by atoms with E-state index < -0.39 is 11.7 Å². The molecule has 1 N–H and O–H groups in total. The number of carbonyl (C=O) groups is 1. The van der Waals surface area contributed by atoms with Crippen molar-refractivity contribution in [1.82, 2.24) is 4.98 Å². The minimum Gasteiger partial charge on any atom is -0.494 e. The van der Waals surface area contributed by atoms with E-state index in [0.29, 0.717) is 27.4 Å². The normalized spacial score (nSPS) is 11.0. The highest BCUT2D eigenvalue weighted by atomic mass is 35.5. The third kappa shape index (κ3) is 3.94. The molecule has 4 aromatic rings. The van der Waals surface area contributed by atoms with E-state index in [1.165, 1.54) is 37.4 Å². The number of hydrogen-bond acceptors (Lipinski definition) is 4. The molecule has 9 heteroatoms. The second kappa shape index (κ2) is 8.14. The number of halogens is 4. The predicted molar refractivity (Wildman–Crippen MR) is 115 cm³/mol. The van der Waals surface area contributed by atoms with Crippen molar-refractivity contribution in [2.75, 3.05) is 12.4 Å². The fourth-order valence-electron chi connectivity index (χ4n) is 2.92. The first-order valence-electron chi connectivity index (χ1n) is 8.56. The lowest BCUT2D eigenvalue weighted by atomic mass is 10.1. The molecule has 0 saturated heterocycles. The van der Waals surface area contributed by atoms with Gasteiger partial charge >= 0.3 is 0 Å². The van der Waals surface area contributed by atoms with Crippen LogP contribution in [0.2, 0.25) is 15.1 Å². The van der Waals surface area contributed by atoms with Gasteiger partial charge in [0.05, 0.1) is 28.3 Å². The molecule has 0 bridgehead atoms. The molecule has 1 amide bonds. The van der Waals surface area contributed by atoms with E-state index in [9.17, 15) is 9.18 Å². The number of nitrogens with one attached hydrogen (secondary N) is 1. The number of anilines is 1. The number of oxazole rings is 1. The Morgan fingerprint density at radius 2 is 1.87 bits per heavy atom. The quantitative estimate of drug-likeness (QED) is 0.358. The first-order chi connectivity index (χ1) is 14.4. The number of benzene rings is 3. The van der Waals surface area contributed by atoms with Crippen molar-refractivity contribution in [2.45, 2.75) is 0 Å². The van der Waals surface area contributed by atoms with Gasteiger partial charge in [0.15, 0.2) is 5.58 Å². The smallest absolute Gasteiger partial charge is 0.259 e. The summed E-state index contributed by atoms with van der Waals surface area (Å²) in [6, 6.07) is 11.8. The van der Waals surface area contributed by atoms with E-state index >= 15 is 0 Å². The molecule has 152 valence electrons. The fraction of sp³-hybridized carbons (Fsp3) is 0.0476. The second-order valence-corrected chi connectivity index (χ2v) is 7.50. The molecule has 1 aromatic heterocycles. The van der Waals surface area contributed by atoms with Crippen LogP contribution in [0, 0.1) is 5.82 Å². The Kier molecular flexibility index (Phi) is 5.56. The molecule has 1 heterocycles. The first-order valence-corrected chi connectivity index (χ1v) is 9.69. The Bertz CT molecular complexity index is 1290. The van der Waals surface area contributed by atoms with Gasteiger partial charge in [0.1, 0.15) is 17.1 Å². The van der Waals surface area contributed by atoms with Crippen molar-refractivity contribution in [3.8, 4) is 17.2 Å². The number of nitrogens with zero attached hydrogens (tertiary/aromatic N) is 1. The summed E-state index contributed by atoms with van der Waals surface area (Å²) in [6.45, 7) is 0. The Morgan fingerprint density at radius 1 is 1.07 bits per heavy atom. The Hall–Kier alpha value is -2.80. The largest absolute Gasteiger partial charge is 0.494 e. The minimum absolute atomic E-state index is 0.181. The zero-order chi connectivity index (χ0) is 21.4. The van der Waals surface area contributed by atoms with Crippen LogP contribution < -0.4 is 10.1 Å². The SMILES string of the molecule is COc1c(Cl)cc(Cl)cc1C(=O)Nc1ccc2oc(-c3ccc(F)cc3Cl)nc2c1. The predicted octanol–water partition coefficient (Wildman–Crippen LogP) is 6.86. The van der Waals surface area contributed by atoms with Gasteiger partial charge in [0, 0.05) is 10.7 Å². The number of methoxy groups -OCH3 is 1. The van der Waals surface area contributed by atoms with E-state index in [-0.39, 0.29) is 27.2 Å². The molecule has 0 aliphatic heterocycles. The van der Waals surface area contributed by atoms with Crippen molar-refractivity contribution in [1.29, 1.82) is 0 Å². The van der Waals surface area contributed by atoms with Gasteiger partial charge < -0.3 is 14.5 Å². The number of fused-ring (bicyclic) bond motifs is 1. The second-order valence-electron chi connectivity index (χ2n) is 6.25. The highest BCUT2D eigenvalue weighted by molar-refractivity contribution is 6.36. The average Bonchev–Trinajstić information content (AvgIpc) is 3.10. The average molecular weight is 466 g/mol. The highest BCUT2D eigenvalue weighted by Crippen LogP contribution is 2.34. The van der Waals surface area contributed by atoms with Crippen molar-refractivity contribution >= 4 is 57.5 Å². The zero-order valence-corrected chi connectivity index (χ0v) is 17.6. The number of aromatic nitrogens is 1. The number of hydrogen-bond donors (Lipinski definition) is 1. The summed E-state index contributed by atoms with van der Waals surface area (Å²) < 4.78 is 24.2. The zero-order valence-electron chi connectivity index (χ0n) is 15.3. The summed E-state index contributed by atoms with van der Waals surface area (Å²) in [7, 11) is 1.41. The van der Waals surface area contributed by atoms with Crippen LogP contribution in [0.25, 0.3) is 22.6 Å². The van der Waals surface area contributed by atoms with Crippen LogP contribution in [0.1, 0.15) is 10.4 Å². The van der Waals surface area contributed by atoms with Gasteiger partial charge in [-0.1, -0.05) is 34.8 Å². The molecule has 0 saturated carbocycles. The molecule has 0 spiro atoms. The maximum Gasteiger partial charge on any atom is 0.259 e. The Morgan fingerprint density at radius 3 is 2.60 bits per heavy atom. The minimum atomic E-state index is -0.458. The molecule has 3 aromatic carbocycles. The molecule has 4 rings (SSSR count). The van der Waals surface area contributed by atoms with Crippen LogP contribution in [-0.2, 0) is 0 Å². The number of amides is 1. The summed E-state index contributed by atoms with van der Waals surface area (Å²) in [5.74, 6) is -0.460. The standard InChI is InChI=1S/C21H12Cl3FN2O3/c1-29-19-14(6-10(22)7-16(19)24)20(28)26-12-3-5-18-17(9-12)27-21(30-18)13-4-2-11(25)8-15(13)23/h2-9H,1H3,(H,26,28). The van der Waals surface area contributed by atoms with Gasteiger partial charge in [-0.05, 0) is 48.5 Å². The molecular weight excluding hydrogens is 454 g/mol. The number of ether oxygens (including phenoxy) is 1. The summed E-state index contributed by atoms with van der Waals surface area (Å²) in [5, 5.41) is 3.46. The van der Waals surface area contributed by atoms with Crippen LogP contribution in [0.3, 0.4) is 0 Å². The molecule has 0 atom stereocenters. The van der Waals surface area contributed by atoms with Crippen LogP contribution in [0.4, 0.5) is 10.1 Å².